The fourth-order valence-corrected chi connectivity index (χ4v) is 1.76. The lowest BCUT2D eigenvalue weighted by atomic mass is 10.2. The van der Waals surface area contributed by atoms with Gasteiger partial charge in [0.2, 0.25) is 0 Å². The van der Waals surface area contributed by atoms with Crippen molar-refractivity contribution in [1.29, 1.82) is 5.26 Å². The molecule has 1 unspecified atom stereocenters. The van der Waals surface area contributed by atoms with E-state index in [4.69, 9.17) is 15.1 Å². The number of rotatable bonds is 8. The smallest absolute Gasteiger partial charge is 0.307 e. The van der Waals surface area contributed by atoms with E-state index in [1.54, 1.807) is 31.2 Å². The second-order valence-corrected chi connectivity index (χ2v) is 4.62. The number of likely N-dealkylation sites (N-methyl/N-ethyl adjacent to an activating group) is 1. The maximum atomic E-state index is 10.8. The molecule has 0 saturated carbocycles. The molecular formula is C15H20N2O3. The lowest BCUT2D eigenvalue weighted by Gasteiger charge is -2.22. The molecule has 1 N–H and O–H groups in total. The van der Waals surface area contributed by atoms with Crippen LogP contribution in [0.2, 0.25) is 0 Å². The normalized spacial score (nSPS) is 11.9. The van der Waals surface area contributed by atoms with E-state index in [2.05, 4.69) is 6.07 Å². The summed E-state index contributed by atoms with van der Waals surface area (Å²) in [6.07, 6.45) is 0. The molecule has 0 aromatic heterocycles. The highest BCUT2D eigenvalue weighted by atomic mass is 16.5. The minimum Gasteiger partial charge on any atom is -0.492 e. The summed E-state index contributed by atoms with van der Waals surface area (Å²) < 4.78 is 5.58. The fraction of sp³-hybridized carbons (Fsp3) is 0.467. The van der Waals surface area contributed by atoms with Crippen LogP contribution in [0.25, 0.3) is 0 Å². The molecule has 108 valence electrons. The molecule has 0 heterocycles. The molecule has 1 atom stereocenters. The van der Waals surface area contributed by atoms with Gasteiger partial charge < -0.3 is 9.84 Å². The molecule has 5 nitrogen and oxygen atoms in total. The number of carbonyl (C=O) groups is 1. The lowest BCUT2D eigenvalue weighted by molar-refractivity contribution is -0.141. The summed E-state index contributed by atoms with van der Waals surface area (Å²) in [5.41, 5.74) is 0.600. The summed E-state index contributed by atoms with van der Waals surface area (Å²) >= 11 is 0. The van der Waals surface area contributed by atoms with Gasteiger partial charge in [-0.2, -0.15) is 5.26 Å². The molecule has 1 aromatic carbocycles. The minimum absolute atomic E-state index is 0.384. The largest absolute Gasteiger partial charge is 0.492 e. The van der Waals surface area contributed by atoms with Crippen molar-refractivity contribution in [1.82, 2.24) is 4.90 Å². The van der Waals surface area contributed by atoms with Gasteiger partial charge >= 0.3 is 5.97 Å². The zero-order chi connectivity index (χ0) is 15.0. The Hall–Kier alpha value is -2.06. The van der Waals surface area contributed by atoms with E-state index in [0.717, 1.165) is 6.54 Å². The van der Waals surface area contributed by atoms with Gasteiger partial charge in [-0.3, -0.25) is 9.69 Å². The van der Waals surface area contributed by atoms with Crippen molar-refractivity contribution in [3.05, 3.63) is 29.8 Å². The quantitative estimate of drug-likeness (QED) is 0.786. The molecule has 0 aliphatic rings. The Bertz CT molecular complexity index is 465. The first-order valence-corrected chi connectivity index (χ1v) is 6.65. The SMILES string of the molecule is CCN(CCOc1ccc(C#N)cc1)CC(C)C(=O)O. The molecule has 0 aliphatic heterocycles. The first kappa shape index (κ1) is 16.0. The summed E-state index contributed by atoms with van der Waals surface area (Å²) in [6, 6.07) is 8.98. The number of aliphatic carboxylic acids is 1. The Labute approximate surface area is 119 Å². The molecule has 1 aromatic rings. The Morgan fingerprint density at radius 1 is 1.45 bits per heavy atom. The van der Waals surface area contributed by atoms with Crippen LogP contribution in [-0.2, 0) is 4.79 Å². The number of nitriles is 1. The Kier molecular flexibility index (Phi) is 6.54. The predicted molar refractivity (Wildman–Crippen MR) is 75.6 cm³/mol. The van der Waals surface area contributed by atoms with Crippen molar-refractivity contribution in [3.8, 4) is 11.8 Å². The van der Waals surface area contributed by atoms with Crippen LogP contribution in [0.1, 0.15) is 19.4 Å². The number of hydrogen-bond donors (Lipinski definition) is 1. The highest BCUT2D eigenvalue weighted by Gasteiger charge is 2.14. The van der Waals surface area contributed by atoms with Crippen molar-refractivity contribution in [3.63, 3.8) is 0 Å². The predicted octanol–water partition coefficient (Wildman–Crippen LogP) is 1.98. The van der Waals surface area contributed by atoms with E-state index in [-0.39, 0.29) is 5.92 Å². The van der Waals surface area contributed by atoms with Crippen molar-refractivity contribution in [2.24, 2.45) is 5.92 Å². The van der Waals surface area contributed by atoms with Gasteiger partial charge in [0.25, 0.3) is 0 Å². The number of nitrogens with zero attached hydrogens (tertiary/aromatic N) is 2. The van der Waals surface area contributed by atoms with Gasteiger partial charge in [-0.1, -0.05) is 13.8 Å². The van der Waals surface area contributed by atoms with E-state index in [1.807, 2.05) is 11.8 Å². The second-order valence-electron chi connectivity index (χ2n) is 4.62. The minimum atomic E-state index is -0.781. The zero-order valence-corrected chi connectivity index (χ0v) is 11.9. The molecule has 0 spiro atoms. The third-order valence-corrected chi connectivity index (χ3v) is 3.06. The third kappa shape index (κ3) is 5.29. The zero-order valence-electron chi connectivity index (χ0n) is 11.9. The number of hydrogen-bond acceptors (Lipinski definition) is 4. The molecule has 0 bridgehead atoms. The Morgan fingerprint density at radius 3 is 2.60 bits per heavy atom. The number of carboxylic acids is 1. The monoisotopic (exact) mass is 276 g/mol. The van der Waals surface area contributed by atoms with Crippen LogP contribution in [0.5, 0.6) is 5.75 Å². The van der Waals surface area contributed by atoms with Gasteiger partial charge in [0.05, 0.1) is 17.6 Å². The van der Waals surface area contributed by atoms with Crippen LogP contribution >= 0.6 is 0 Å². The summed E-state index contributed by atoms with van der Waals surface area (Å²) in [7, 11) is 0. The van der Waals surface area contributed by atoms with Crippen molar-refractivity contribution < 1.29 is 14.6 Å². The van der Waals surface area contributed by atoms with E-state index in [1.165, 1.54) is 0 Å². The standard InChI is InChI=1S/C15H20N2O3/c1-3-17(11-12(2)15(18)19)8-9-20-14-6-4-13(10-16)5-7-14/h4-7,12H,3,8-9,11H2,1-2H3,(H,18,19). The van der Waals surface area contributed by atoms with E-state index >= 15 is 0 Å². The molecule has 20 heavy (non-hydrogen) atoms. The van der Waals surface area contributed by atoms with Gasteiger partial charge in [-0.05, 0) is 30.8 Å². The first-order chi connectivity index (χ1) is 9.56. The summed E-state index contributed by atoms with van der Waals surface area (Å²) in [5, 5.41) is 17.6. The van der Waals surface area contributed by atoms with Gasteiger partial charge in [0.15, 0.2) is 0 Å². The first-order valence-electron chi connectivity index (χ1n) is 6.65. The summed E-state index contributed by atoms with van der Waals surface area (Å²) in [4.78, 5) is 12.9. The van der Waals surface area contributed by atoms with Gasteiger partial charge in [0, 0.05) is 13.1 Å². The molecule has 0 amide bonds. The fourth-order valence-electron chi connectivity index (χ4n) is 1.76. The molecular weight excluding hydrogens is 256 g/mol. The average Bonchev–Trinajstić information content (AvgIpc) is 2.46. The molecule has 0 aliphatic carbocycles. The van der Waals surface area contributed by atoms with Gasteiger partial charge in [-0.15, -0.1) is 0 Å². The van der Waals surface area contributed by atoms with Crippen LogP contribution in [0.3, 0.4) is 0 Å². The summed E-state index contributed by atoms with van der Waals surface area (Å²) in [6.45, 7) is 6.17. The molecule has 0 saturated heterocycles. The van der Waals surface area contributed by atoms with Crippen molar-refractivity contribution >= 4 is 5.97 Å². The maximum absolute atomic E-state index is 10.8. The second kappa shape index (κ2) is 8.18. The van der Waals surface area contributed by atoms with Crippen LogP contribution in [-0.4, -0.2) is 42.2 Å². The van der Waals surface area contributed by atoms with Crippen molar-refractivity contribution in [2.45, 2.75) is 13.8 Å². The summed E-state index contributed by atoms with van der Waals surface area (Å²) in [5.74, 6) is -0.451. The highest BCUT2D eigenvalue weighted by Crippen LogP contribution is 2.11. The average molecular weight is 276 g/mol. The van der Waals surface area contributed by atoms with Crippen LogP contribution in [0.4, 0.5) is 0 Å². The van der Waals surface area contributed by atoms with Gasteiger partial charge in [-0.25, -0.2) is 0 Å². The lowest BCUT2D eigenvalue weighted by Crippen LogP contribution is -2.34. The van der Waals surface area contributed by atoms with E-state index in [9.17, 15) is 4.79 Å². The van der Waals surface area contributed by atoms with Crippen LogP contribution in [0.15, 0.2) is 24.3 Å². The molecule has 1 rings (SSSR count). The Morgan fingerprint density at radius 2 is 2.10 bits per heavy atom. The number of benzene rings is 1. The van der Waals surface area contributed by atoms with Gasteiger partial charge in [0.1, 0.15) is 12.4 Å². The Balaban J connectivity index is 2.37. The maximum Gasteiger partial charge on any atom is 0.307 e. The highest BCUT2D eigenvalue weighted by molar-refractivity contribution is 5.69. The van der Waals surface area contributed by atoms with E-state index < -0.39 is 5.97 Å². The molecule has 0 fully saturated rings. The van der Waals surface area contributed by atoms with Crippen LogP contribution in [0, 0.1) is 17.2 Å². The molecule has 5 heteroatoms. The third-order valence-electron chi connectivity index (χ3n) is 3.06. The number of ether oxygens (including phenoxy) is 1. The van der Waals surface area contributed by atoms with E-state index in [0.29, 0.717) is 31.0 Å². The number of carboxylic acid groups (broad SMARTS) is 1. The van der Waals surface area contributed by atoms with Crippen molar-refractivity contribution in [2.75, 3.05) is 26.2 Å². The topological polar surface area (TPSA) is 73.6 Å². The molecule has 0 radical (unpaired) electrons. The van der Waals surface area contributed by atoms with Crippen LogP contribution < -0.4 is 4.74 Å².